The number of carboxylic acids is 4. The average Bonchev–Trinajstić information content (AvgIpc) is 2.40. The van der Waals surface area contributed by atoms with Crippen molar-refractivity contribution >= 4 is 23.9 Å². The van der Waals surface area contributed by atoms with Gasteiger partial charge < -0.3 is 20.4 Å². The van der Waals surface area contributed by atoms with E-state index in [4.69, 9.17) is 20.4 Å². The molecule has 8 nitrogen and oxygen atoms in total. The van der Waals surface area contributed by atoms with Crippen molar-refractivity contribution in [3.63, 3.8) is 0 Å². The Morgan fingerprint density at radius 2 is 0.520 bits per heavy atom. The molecule has 0 aromatic heterocycles. The molecule has 0 unspecified atom stereocenters. The number of carbonyl (C=O) groups is 4. The van der Waals surface area contributed by atoms with Crippen molar-refractivity contribution in [3.05, 3.63) is 48.6 Å². The SMILES string of the molecule is C.C=C(C)C(=O)O.C=C(C)C(=O)O.C=C(C)C(=O)O.C=C(C)C(=O)O. The van der Waals surface area contributed by atoms with Crippen LogP contribution < -0.4 is 0 Å². The standard InChI is InChI=1S/4C4H6O2.CH4/c4*1-3(2)4(5)6;/h4*1H2,2H3,(H,5,6);1H4. The Morgan fingerprint density at radius 1 is 0.480 bits per heavy atom. The fourth-order valence-electron chi connectivity index (χ4n) is 0. The molecule has 0 saturated heterocycles. The first kappa shape index (κ1) is 33.4. The van der Waals surface area contributed by atoms with E-state index in [9.17, 15) is 19.2 Å². The van der Waals surface area contributed by atoms with E-state index in [1.165, 1.54) is 27.7 Å². The minimum atomic E-state index is -0.935. The van der Waals surface area contributed by atoms with Crippen LogP contribution in [-0.4, -0.2) is 44.3 Å². The summed E-state index contributed by atoms with van der Waals surface area (Å²) >= 11 is 0. The second-order valence-corrected chi connectivity index (χ2v) is 4.34. The van der Waals surface area contributed by atoms with E-state index in [1.807, 2.05) is 0 Å². The zero-order valence-electron chi connectivity index (χ0n) is 14.3. The van der Waals surface area contributed by atoms with Crippen LogP contribution in [0.1, 0.15) is 35.1 Å². The molecule has 144 valence electrons. The maximum atomic E-state index is 9.60. The zero-order chi connectivity index (χ0) is 20.6. The fraction of sp³-hybridized carbons (Fsp3) is 0.294. The summed E-state index contributed by atoms with van der Waals surface area (Å²) in [5.41, 5.74) is 0.704. The van der Waals surface area contributed by atoms with Crippen molar-refractivity contribution in [2.75, 3.05) is 0 Å². The molecule has 0 fully saturated rings. The maximum Gasteiger partial charge on any atom is 0.330 e. The van der Waals surface area contributed by atoms with Gasteiger partial charge >= 0.3 is 23.9 Å². The molecule has 0 aliphatic rings. The van der Waals surface area contributed by atoms with Crippen molar-refractivity contribution in [1.82, 2.24) is 0 Å². The van der Waals surface area contributed by atoms with Crippen molar-refractivity contribution in [1.29, 1.82) is 0 Å². The third-order valence-electron chi connectivity index (χ3n) is 1.46. The fourth-order valence-corrected chi connectivity index (χ4v) is 0. The van der Waals surface area contributed by atoms with Crippen LogP contribution in [0.25, 0.3) is 0 Å². The molecule has 0 amide bonds. The summed E-state index contributed by atoms with van der Waals surface area (Å²) in [5.74, 6) is -3.74. The highest BCUT2D eigenvalue weighted by Crippen LogP contribution is 1.82. The molecule has 25 heavy (non-hydrogen) atoms. The molecule has 0 saturated carbocycles. The summed E-state index contributed by atoms with van der Waals surface area (Å²) in [7, 11) is 0. The van der Waals surface area contributed by atoms with Crippen LogP contribution in [0.2, 0.25) is 0 Å². The van der Waals surface area contributed by atoms with Gasteiger partial charge in [-0.25, -0.2) is 19.2 Å². The van der Waals surface area contributed by atoms with Gasteiger partial charge in [-0.05, 0) is 27.7 Å². The maximum absolute atomic E-state index is 9.60. The van der Waals surface area contributed by atoms with Crippen molar-refractivity contribution < 1.29 is 39.6 Å². The van der Waals surface area contributed by atoms with Gasteiger partial charge in [0.1, 0.15) is 0 Å². The highest BCUT2D eigenvalue weighted by Gasteiger charge is 1.91. The van der Waals surface area contributed by atoms with Crippen LogP contribution in [0.3, 0.4) is 0 Å². The Balaban J connectivity index is -0.0000000702. The van der Waals surface area contributed by atoms with Crippen LogP contribution >= 0.6 is 0 Å². The van der Waals surface area contributed by atoms with Crippen LogP contribution in [0.15, 0.2) is 48.6 Å². The zero-order valence-corrected chi connectivity index (χ0v) is 14.3. The summed E-state index contributed by atoms with van der Waals surface area (Å²) in [6, 6.07) is 0. The summed E-state index contributed by atoms with van der Waals surface area (Å²) in [6.45, 7) is 18.4. The lowest BCUT2D eigenvalue weighted by Gasteiger charge is -1.79. The number of rotatable bonds is 4. The monoisotopic (exact) mass is 360 g/mol. The number of aliphatic carboxylic acids is 4. The van der Waals surface area contributed by atoms with E-state index in [-0.39, 0.29) is 29.7 Å². The van der Waals surface area contributed by atoms with Gasteiger partial charge in [-0.1, -0.05) is 33.7 Å². The highest BCUT2D eigenvalue weighted by molar-refractivity contribution is 5.85. The first-order valence-corrected chi connectivity index (χ1v) is 6.13. The lowest BCUT2D eigenvalue weighted by Crippen LogP contribution is -1.92. The molecule has 0 aromatic rings. The molecule has 4 N–H and O–H groups in total. The molecule has 0 heterocycles. The predicted molar refractivity (Wildman–Crippen MR) is 96.5 cm³/mol. The van der Waals surface area contributed by atoms with E-state index < -0.39 is 23.9 Å². The summed E-state index contributed by atoms with van der Waals surface area (Å²) in [5, 5.41) is 31.6. The molecule has 0 aromatic carbocycles. The Hall–Kier alpha value is -3.16. The van der Waals surface area contributed by atoms with Crippen molar-refractivity contribution in [2.45, 2.75) is 35.1 Å². The second kappa shape index (κ2) is 18.9. The molecule has 0 rings (SSSR count). The molecule has 0 aliphatic carbocycles. The van der Waals surface area contributed by atoms with Crippen molar-refractivity contribution in [3.8, 4) is 0 Å². The van der Waals surface area contributed by atoms with Crippen LogP contribution in [0, 0.1) is 0 Å². The molecule has 0 spiro atoms. The first-order valence-electron chi connectivity index (χ1n) is 6.13. The normalized spacial score (nSPS) is 7.20. The van der Waals surface area contributed by atoms with Gasteiger partial charge in [-0.2, -0.15) is 0 Å². The van der Waals surface area contributed by atoms with Gasteiger partial charge in [0.25, 0.3) is 0 Å². The molecule has 0 radical (unpaired) electrons. The number of carboxylic acid groups (broad SMARTS) is 4. The number of hydrogen-bond donors (Lipinski definition) is 4. The summed E-state index contributed by atoms with van der Waals surface area (Å²) in [6.07, 6.45) is 0. The van der Waals surface area contributed by atoms with E-state index in [0.29, 0.717) is 0 Å². The van der Waals surface area contributed by atoms with Crippen LogP contribution in [0.4, 0.5) is 0 Å². The third-order valence-corrected chi connectivity index (χ3v) is 1.46. The van der Waals surface area contributed by atoms with E-state index in [0.717, 1.165) is 0 Å². The minimum Gasteiger partial charge on any atom is -0.478 e. The summed E-state index contributed by atoms with van der Waals surface area (Å²) in [4.78, 5) is 38.4. The largest absolute Gasteiger partial charge is 0.478 e. The molecule has 0 aliphatic heterocycles. The summed E-state index contributed by atoms with van der Waals surface area (Å²) < 4.78 is 0. The Kier molecular flexibility index (Phi) is 25.3. The third kappa shape index (κ3) is 44.9. The molecule has 8 heteroatoms. The lowest BCUT2D eigenvalue weighted by molar-refractivity contribution is -0.133. The molecule has 0 bridgehead atoms. The van der Waals surface area contributed by atoms with Crippen LogP contribution in [0.5, 0.6) is 0 Å². The number of hydrogen-bond acceptors (Lipinski definition) is 4. The van der Waals surface area contributed by atoms with Gasteiger partial charge in [-0.15, -0.1) is 0 Å². The van der Waals surface area contributed by atoms with E-state index in [1.54, 1.807) is 0 Å². The second-order valence-electron chi connectivity index (χ2n) is 4.34. The first-order chi connectivity index (χ1) is 10.6. The quantitative estimate of drug-likeness (QED) is 0.558. The molecular formula is C17H28O8. The Morgan fingerprint density at radius 3 is 0.520 bits per heavy atom. The van der Waals surface area contributed by atoms with Gasteiger partial charge in [0.15, 0.2) is 0 Å². The van der Waals surface area contributed by atoms with Gasteiger partial charge in [-0.3, -0.25) is 0 Å². The van der Waals surface area contributed by atoms with Crippen molar-refractivity contribution in [2.24, 2.45) is 0 Å². The van der Waals surface area contributed by atoms with Gasteiger partial charge in [0, 0.05) is 22.3 Å². The van der Waals surface area contributed by atoms with Crippen LogP contribution in [-0.2, 0) is 19.2 Å². The van der Waals surface area contributed by atoms with E-state index in [2.05, 4.69) is 26.3 Å². The van der Waals surface area contributed by atoms with Gasteiger partial charge in [0.2, 0.25) is 0 Å². The molecular weight excluding hydrogens is 332 g/mol. The predicted octanol–water partition coefficient (Wildman–Crippen LogP) is 3.22. The average molecular weight is 360 g/mol. The lowest BCUT2D eigenvalue weighted by atomic mass is 10.4. The topological polar surface area (TPSA) is 149 Å². The molecule has 0 atom stereocenters. The Bertz CT molecular complexity index is 383. The Labute approximate surface area is 148 Å². The highest BCUT2D eigenvalue weighted by atomic mass is 16.4. The van der Waals surface area contributed by atoms with Gasteiger partial charge in [0.05, 0.1) is 0 Å². The minimum absolute atomic E-state index is 0. The van der Waals surface area contributed by atoms with E-state index >= 15 is 0 Å². The smallest absolute Gasteiger partial charge is 0.330 e.